The van der Waals surface area contributed by atoms with Gasteiger partial charge in [-0.1, -0.05) is 0 Å². The number of nitrogens with zero attached hydrogens (tertiary/aromatic N) is 3. The Hall–Kier alpha value is -1.20. The second-order valence-corrected chi connectivity index (χ2v) is 6.89. The van der Waals surface area contributed by atoms with Gasteiger partial charge < -0.3 is 15.4 Å². The maximum absolute atomic E-state index is 6.12. The highest BCUT2D eigenvalue weighted by Crippen LogP contribution is 2.32. The van der Waals surface area contributed by atoms with Crippen LogP contribution >= 0.6 is 0 Å². The minimum absolute atomic E-state index is 0.214. The SMILES string of the molecule is Cc1nnc(N2CC(C)(C)OC(C)(C)C2)c(CN)c1C. The van der Waals surface area contributed by atoms with Gasteiger partial charge in [0.2, 0.25) is 0 Å². The van der Waals surface area contributed by atoms with Gasteiger partial charge in [0.1, 0.15) is 0 Å². The summed E-state index contributed by atoms with van der Waals surface area (Å²) in [6, 6.07) is 0. The number of hydrogen-bond acceptors (Lipinski definition) is 5. The highest BCUT2D eigenvalue weighted by molar-refractivity contribution is 5.51. The summed E-state index contributed by atoms with van der Waals surface area (Å²) >= 11 is 0. The van der Waals surface area contributed by atoms with E-state index >= 15 is 0 Å². The topological polar surface area (TPSA) is 64.3 Å². The second kappa shape index (κ2) is 4.97. The zero-order valence-corrected chi connectivity index (χ0v) is 13.4. The van der Waals surface area contributed by atoms with Crippen molar-refractivity contribution in [1.82, 2.24) is 10.2 Å². The number of rotatable bonds is 2. The van der Waals surface area contributed by atoms with Gasteiger partial charge in [0, 0.05) is 25.2 Å². The normalized spacial score (nSPS) is 21.1. The van der Waals surface area contributed by atoms with Gasteiger partial charge in [-0.25, -0.2) is 0 Å². The molecule has 0 spiro atoms. The van der Waals surface area contributed by atoms with E-state index in [0.717, 1.165) is 35.7 Å². The maximum atomic E-state index is 6.12. The quantitative estimate of drug-likeness (QED) is 0.895. The first-order chi connectivity index (χ1) is 9.15. The summed E-state index contributed by atoms with van der Waals surface area (Å²) in [7, 11) is 0. The molecule has 112 valence electrons. The highest BCUT2D eigenvalue weighted by Gasteiger charge is 2.39. The van der Waals surface area contributed by atoms with Gasteiger partial charge in [-0.05, 0) is 47.1 Å². The molecule has 0 aromatic carbocycles. The van der Waals surface area contributed by atoms with Crippen molar-refractivity contribution < 1.29 is 4.74 Å². The number of hydrogen-bond donors (Lipinski definition) is 1. The van der Waals surface area contributed by atoms with Gasteiger partial charge in [-0.3, -0.25) is 0 Å². The van der Waals surface area contributed by atoms with Crippen LogP contribution in [0.1, 0.15) is 44.5 Å². The van der Waals surface area contributed by atoms with E-state index in [-0.39, 0.29) is 11.2 Å². The lowest BCUT2D eigenvalue weighted by molar-refractivity contribution is -0.133. The van der Waals surface area contributed by atoms with Crippen molar-refractivity contribution in [3.8, 4) is 0 Å². The van der Waals surface area contributed by atoms with E-state index in [4.69, 9.17) is 10.5 Å². The van der Waals surface area contributed by atoms with Crippen LogP contribution in [-0.4, -0.2) is 34.5 Å². The van der Waals surface area contributed by atoms with Crippen LogP contribution < -0.4 is 10.6 Å². The van der Waals surface area contributed by atoms with E-state index in [1.165, 1.54) is 0 Å². The van der Waals surface area contributed by atoms with Crippen molar-refractivity contribution in [2.24, 2.45) is 5.73 Å². The molecule has 0 unspecified atom stereocenters. The Morgan fingerprint density at radius 3 is 2.15 bits per heavy atom. The third-order valence-electron chi connectivity index (χ3n) is 3.76. The molecule has 0 saturated carbocycles. The second-order valence-electron chi connectivity index (χ2n) is 6.89. The average molecular weight is 278 g/mol. The smallest absolute Gasteiger partial charge is 0.156 e. The van der Waals surface area contributed by atoms with E-state index < -0.39 is 0 Å². The molecule has 2 N–H and O–H groups in total. The van der Waals surface area contributed by atoms with Crippen LogP contribution in [0.25, 0.3) is 0 Å². The Morgan fingerprint density at radius 1 is 1.10 bits per heavy atom. The van der Waals surface area contributed by atoms with Crippen LogP contribution in [0, 0.1) is 13.8 Å². The molecule has 20 heavy (non-hydrogen) atoms. The lowest BCUT2D eigenvalue weighted by Crippen LogP contribution is -2.57. The number of ether oxygens (including phenoxy) is 1. The summed E-state index contributed by atoms with van der Waals surface area (Å²) in [5, 5.41) is 8.67. The Labute approximate surface area is 121 Å². The molecule has 1 aromatic rings. The fraction of sp³-hybridized carbons (Fsp3) is 0.733. The van der Waals surface area contributed by atoms with Crippen LogP contribution in [0.3, 0.4) is 0 Å². The van der Waals surface area contributed by atoms with Gasteiger partial charge in [0.25, 0.3) is 0 Å². The number of aryl methyl sites for hydroxylation is 1. The fourth-order valence-electron chi connectivity index (χ4n) is 3.08. The van der Waals surface area contributed by atoms with E-state index in [2.05, 4.69) is 49.7 Å². The van der Waals surface area contributed by atoms with Crippen LogP contribution in [0.15, 0.2) is 0 Å². The van der Waals surface area contributed by atoms with Crippen molar-refractivity contribution in [3.63, 3.8) is 0 Å². The fourth-order valence-corrected chi connectivity index (χ4v) is 3.08. The predicted octanol–water partition coefficient (Wildman–Crippen LogP) is 1.95. The molecule has 1 saturated heterocycles. The van der Waals surface area contributed by atoms with Crippen molar-refractivity contribution in [2.75, 3.05) is 18.0 Å². The minimum Gasteiger partial charge on any atom is -0.366 e. The van der Waals surface area contributed by atoms with E-state index in [1.54, 1.807) is 0 Å². The van der Waals surface area contributed by atoms with E-state index in [1.807, 2.05) is 6.92 Å². The van der Waals surface area contributed by atoms with Gasteiger partial charge >= 0.3 is 0 Å². The van der Waals surface area contributed by atoms with Crippen molar-refractivity contribution >= 4 is 5.82 Å². The molecular formula is C15H26N4O. The molecule has 0 amide bonds. The molecule has 0 bridgehead atoms. The van der Waals surface area contributed by atoms with Gasteiger partial charge in [0.05, 0.1) is 16.9 Å². The lowest BCUT2D eigenvalue weighted by atomic mass is 9.98. The summed E-state index contributed by atoms with van der Waals surface area (Å²) in [5.41, 5.74) is 8.68. The van der Waals surface area contributed by atoms with E-state index in [0.29, 0.717) is 6.54 Å². The number of anilines is 1. The number of morpholine rings is 1. The number of aromatic nitrogens is 2. The summed E-state index contributed by atoms with van der Waals surface area (Å²) < 4.78 is 6.12. The largest absolute Gasteiger partial charge is 0.366 e. The maximum Gasteiger partial charge on any atom is 0.156 e. The average Bonchev–Trinajstić information content (AvgIpc) is 2.28. The van der Waals surface area contributed by atoms with E-state index in [9.17, 15) is 0 Å². The molecule has 0 atom stereocenters. The zero-order valence-electron chi connectivity index (χ0n) is 13.4. The van der Waals surface area contributed by atoms with Crippen molar-refractivity contribution in [3.05, 3.63) is 16.8 Å². The molecule has 5 heteroatoms. The Kier molecular flexibility index (Phi) is 3.77. The highest BCUT2D eigenvalue weighted by atomic mass is 16.5. The third-order valence-corrected chi connectivity index (χ3v) is 3.76. The van der Waals surface area contributed by atoms with Crippen LogP contribution in [-0.2, 0) is 11.3 Å². The first-order valence-corrected chi connectivity index (χ1v) is 7.13. The molecular weight excluding hydrogens is 252 g/mol. The Balaban J connectivity index is 2.43. The van der Waals surface area contributed by atoms with Crippen molar-refractivity contribution in [1.29, 1.82) is 0 Å². The first kappa shape index (κ1) is 15.2. The molecule has 2 rings (SSSR count). The molecule has 0 aliphatic carbocycles. The molecule has 1 aromatic heterocycles. The van der Waals surface area contributed by atoms with Gasteiger partial charge in [0.15, 0.2) is 5.82 Å². The minimum atomic E-state index is -0.214. The molecule has 0 radical (unpaired) electrons. The monoisotopic (exact) mass is 278 g/mol. The Morgan fingerprint density at radius 2 is 1.65 bits per heavy atom. The molecule has 1 aliphatic rings. The van der Waals surface area contributed by atoms with Gasteiger partial charge in [-0.2, -0.15) is 5.10 Å². The molecule has 1 fully saturated rings. The van der Waals surface area contributed by atoms with Gasteiger partial charge in [-0.15, -0.1) is 5.10 Å². The van der Waals surface area contributed by atoms with Crippen LogP contribution in [0.5, 0.6) is 0 Å². The molecule has 2 heterocycles. The third kappa shape index (κ3) is 2.94. The summed E-state index contributed by atoms with van der Waals surface area (Å²) in [5.74, 6) is 0.903. The lowest BCUT2D eigenvalue weighted by Gasteiger charge is -2.47. The zero-order chi connectivity index (χ0) is 15.1. The predicted molar refractivity (Wildman–Crippen MR) is 80.9 cm³/mol. The standard InChI is InChI=1S/C15H26N4O/c1-10-11(2)17-18-13(12(10)7-16)19-8-14(3,4)20-15(5,6)9-19/h7-9,16H2,1-6H3. The number of nitrogens with two attached hydrogens (primary N) is 1. The summed E-state index contributed by atoms with van der Waals surface area (Å²) in [6.07, 6.45) is 0. The van der Waals surface area contributed by atoms with Crippen LogP contribution in [0.4, 0.5) is 5.82 Å². The first-order valence-electron chi connectivity index (χ1n) is 7.13. The summed E-state index contributed by atoms with van der Waals surface area (Å²) in [6.45, 7) is 14.5. The molecule has 5 nitrogen and oxygen atoms in total. The Bertz CT molecular complexity index is 495. The summed E-state index contributed by atoms with van der Waals surface area (Å²) in [4.78, 5) is 2.26. The van der Waals surface area contributed by atoms with Crippen LogP contribution in [0.2, 0.25) is 0 Å². The van der Waals surface area contributed by atoms with Crippen molar-refractivity contribution in [2.45, 2.75) is 59.3 Å². The molecule has 1 aliphatic heterocycles.